The Morgan fingerprint density at radius 2 is 1.85 bits per heavy atom. The number of benzene rings is 1. The Balaban J connectivity index is 3.08. The van der Waals surface area contributed by atoms with Crippen LogP contribution in [0.2, 0.25) is 0 Å². The summed E-state index contributed by atoms with van der Waals surface area (Å²) in [5.41, 5.74) is 1.81. The Hall–Kier alpha value is -0.960. The smallest absolute Gasteiger partial charge is 0.323 e. The fraction of sp³-hybridized carbons (Fsp3) is 0.300. The monoisotopic (exact) mass is 196 g/mol. The molecule has 0 aliphatic heterocycles. The largest absolute Gasteiger partial charge is 0.480 e. The lowest BCUT2D eigenvalue weighted by Crippen LogP contribution is -2.25. The average Bonchev–Trinajstić information content (AvgIpc) is 2.04. The zero-order valence-electron chi connectivity index (χ0n) is 7.61. The van der Waals surface area contributed by atoms with Gasteiger partial charge in [0.25, 0.3) is 0 Å². The van der Waals surface area contributed by atoms with Crippen molar-refractivity contribution in [2.24, 2.45) is 0 Å². The third-order valence-corrected chi connectivity index (χ3v) is 2.48. The number of rotatable bonds is 2. The highest BCUT2D eigenvalue weighted by Gasteiger charge is 2.30. The van der Waals surface area contributed by atoms with Crippen LogP contribution in [-0.2, 0) is 9.54 Å². The highest BCUT2D eigenvalue weighted by atomic mass is 32.1. The molecule has 0 aromatic heterocycles. The molecule has 1 aromatic carbocycles. The number of thiol groups is 1. The van der Waals surface area contributed by atoms with Crippen molar-refractivity contribution in [3.05, 3.63) is 35.4 Å². The second-order valence-corrected chi connectivity index (χ2v) is 4.14. The minimum Gasteiger partial charge on any atom is -0.480 e. The molecular weight excluding hydrogens is 184 g/mol. The molecule has 0 fully saturated rings. The van der Waals surface area contributed by atoms with Gasteiger partial charge in [0, 0.05) is 0 Å². The standard InChI is InChI=1S/C10H12O2S/c1-7-3-5-8(6-4-7)10(2,13)9(11)12/h3-6,13H,1-2H3,(H,11,12). The summed E-state index contributed by atoms with van der Waals surface area (Å²) in [5, 5.41) is 8.89. The molecule has 1 N–H and O–H groups in total. The molecule has 2 nitrogen and oxygen atoms in total. The quantitative estimate of drug-likeness (QED) is 0.712. The van der Waals surface area contributed by atoms with Crippen LogP contribution in [0, 0.1) is 6.92 Å². The number of hydrogen-bond donors (Lipinski definition) is 2. The number of carbonyl (C=O) groups is 1. The van der Waals surface area contributed by atoms with Gasteiger partial charge in [-0.2, -0.15) is 12.6 Å². The highest BCUT2D eigenvalue weighted by Crippen LogP contribution is 2.28. The summed E-state index contributed by atoms with van der Waals surface area (Å²) >= 11 is 4.11. The van der Waals surface area contributed by atoms with Gasteiger partial charge in [-0.3, -0.25) is 4.79 Å². The molecule has 0 radical (unpaired) electrons. The first-order chi connectivity index (χ1) is 5.94. The van der Waals surface area contributed by atoms with E-state index in [2.05, 4.69) is 12.6 Å². The average molecular weight is 196 g/mol. The molecule has 1 unspecified atom stereocenters. The topological polar surface area (TPSA) is 37.3 Å². The lowest BCUT2D eigenvalue weighted by Gasteiger charge is -2.18. The van der Waals surface area contributed by atoms with Crippen molar-refractivity contribution in [3.63, 3.8) is 0 Å². The second-order valence-electron chi connectivity index (χ2n) is 3.24. The molecule has 13 heavy (non-hydrogen) atoms. The lowest BCUT2D eigenvalue weighted by atomic mass is 9.99. The van der Waals surface area contributed by atoms with E-state index in [0.29, 0.717) is 5.56 Å². The van der Waals surface area contributed by atoms with E-state index in [-0.39, 0.29) is 0 Å². The van der Waals surface area contributed by atoms with Crippen molar-refractivity contribution in [1.82, 2.24) is 0 Å². The molecule has 1 rings (SSSR count). The van der Waals surface area contributed by atoms with Crippen LogP contribution in [-0.4, -0.2) is 11.1 Å². The number of hydrogen-bond acceptors (Lipinski definition) is 2. The Labute approximate surface area is 83.0 Å². The van der Waals surface area contributed by atoms with E-state index >= 15 is 0 Å². The summed E-state index contributed by atoms with van der Waals surface area (Å²) in [6.45, 7) is 3.53. The molecular formula is C10H12O2S. The van der Waals surface area contributed by atoms with E-state index in [4.69, 9.17) is 5.11 Å². The van der Waals surface area contributed by atoms with Crippen LogP contribution >= 0.6 is 12.6 Å². The zero-order chi connectivity index (χ0) is 10.1. The molecule has 0 spiro atoms. The maximum absolute atomic E-state index is 10.8. The van der Waals surface area contributed by atoms with Gasteiger partial charge in [0.15, 0.2) is 0 Å². The van der Waals surface area contributed by atoms with Crippen molar-refractivity contribution in [2.75, 3.05) is 0 Å². The van der Waals surface area contributed by atoms with E-state index in [0.717, 1.165) is 5.56 Å². The van der Waals surface area contributed by atoms with Crippen molar-refractivity contribution in [3.8, 4) is 0 Å². The summed E-state index contributed by atoms with van der Waals surface area (Å²) in [5.74, 6) is -0.931. The number of aryl methyl sites for hydroxylation is 1. The van der Waals surface area contributed by atoms with E-state index in [1.807, 2.05) is 19.1 Å². The fourth-order valence-corrected chi connectivity index (χ4v) is 1.15. The van der Waals surface area contributed by atoms with Crippen LogP contribution in [0.25, 0.3) is 0 Å². The van der Waals surface area contributed by atoms with Crippen molar-refractivity contribution >= 4 is 18.6 Å². The van der Waals surface area contributed by atoms with Crippen LogP contribution in [0.5, 0.6) is 0 Å². The van der Waals surface area contributed by atoms with Gasteiger partial charge >= 0.3 is 5.97 Å². The molecule has 0 heterocycles. The Bertz CT molecular complexity index is 314. The van der Waals surface area contributed by atoms with E-state index in [1.165, 1.54) is 0 Å². The number of carboxylic acid groups (broad SMARTS) is 1. The van der Waals surface area contributed by atoms with Crippen LogP contribution < -0.4 is 0 Å². The van der Waals surface area contributed by atoms with Gasteiger partial charge in [-0.1, -0.05) is 29.8 Å². The molecule has 1 atom stereocenters. The van der Waals surface area contributed by atoms with Crippen LogP contribution in [0.4, 0.5) is 0 Å². The molecule has 3 heteroatoms. The number of aliphatic carboxylic acids is 1. The Kier molecular flexibility index (Phi) is 2.66. The van der Waals surface area contributed by atoms with E-state index in [9.17, 15) is 4.79 Å². The minimum absolute atomic E-state index is 0.703. The molecule has 0 bridgehead atoms. The van der Waals surface area contributed by atoms with E-state index < -0.39 is 10.7 Å². The lowest BCUT2D eigenvalue weighted by molar-refractivity contribution is -0.139. The number of carboxylic acids is 1. The van der Waals surface area contributed by atoms with Crippen LogP contribution in [0.15, 0.2) is 24.3 Å². The molecule has 0 aliphatic carbocycles. The Morgan fingerprint density at radius 1 is 1.38 bits per heavy atom. The summed E-state index contributed by atoms with van der Waals surface area (Å²) in [4.78, 5) is 10.8. The summed E-state index contributed by atoms with van der Waals surface area (Å²) in [7, 11) is 0. The molecule has 1 aromatic rings. The maximum Gasteiger partial charge on any atom is 0.323 e. The van der Waals surface area contributed by atoms with Gasteiger partial charge in [-0.05, 0) is 19.4 Å². The SMILES string of the molecule is Cc1ccc(C(C)(S)C(=O)O)cc1. The van der Waals surface area contributed by atoms with Gasteiger partial charge in [0.1, 0.15) is 4.75 Å². The first-order valence-corrected chi connectivity index (χ1v) is 4.42. The highest BCUT2D eigenvalue weighted by molar-refractivity contribution is 7.82. The fourth-order valence-electron chi connectivity index (χ4n) is 1.00. The van der Waals surface area contributed by atoms with Crippen molar-refractivity contribution in [2.45, 2.75) is 18.6 Å². The van der Waals surface area contributed by atoms with Gasteiger partial charge < -0.3 is 5.11 Å². The minimum atomic E-state index is -1.10. The summed E-state index contributed by atoms with van der Waals surface area (Å²) in [6.07, 6.45) is 0. The first kappa shape index (κ1) is 10.1. The predicted octanol–water partition coefficient (Wildman–Crippen LogP) is 2.22. The molecule has 70 valence electrons. The molecule has 0 saturated carbocycles. The van der Waals surface area contributed by atoms with Crippen LogP contribution in [0.3, 0.4) is 0 Å². The maximum atomic E-state index is 10.8. The third-order valence-electron chi connectivity index (χ3n) is 2.03. The van der Waals surface area contributed by atoms with Gasteiger partial charge in [0.2, 0.25) is 0 Å². The zero-order valence-corrected chi connectivity index (χ0v) is 8.51. The van der Waals surface area contributed by atoms with E-state index in [1.54, 1.807) is 19.1 Å². The van der Waals surface area contributed by atoms with Gasteiger partial charge in [-0.15, -0.1) is 0 Å². The molecule has 0 amide bonds. The Morgan fingerprint density at radius 3 is 2.23 bits per heavy atom. The van der Waals surface area contributed by atoms with Crippen molar-refractivity contribution < 1.29 is 9.90 Å². The van der Waals surface area contributed by atoms with Crippen LogP contribution in [0.1, 0.15) is 18.1 Å². The normalized spacial score (nSPS) is 15.0. The van der Waals surface area contributed by atoms with Gasteiger partial charge in [-0.25, -0.2) is 0 Å². The van der Waals surface area contributed by atoms with Gasteiger partial charge in [0.05, 0.1) is 0 Å². The first-order valence-electron chi connectivity index (χ1n) is 3.97. The second kappa shape index (κ2) is 3.42. The predicted molar refractivity (Wildman–Crippen MR) is 55.2 cm³/mol. The van der Waals surface area contributed by atoms with Crippen molar-refractivity contribution in [1.29, 1.82) is 0 Å². The summed E-state index contributed by atoms with van der Waals surface area (Å²) < 4.78 is -1.10. The molecule has 0 saturated heterocycles. The third kappa shape index (κ3) is 2.04. The molecule has 0 aliphatic rings. The summed E-state index contributed by atoms with van der Waals surface area (Å²) in [6, 6.07) is 7.34.